The number of nitrogens with zero attached hydrogens (tertiary/aromatic N) is 1. The summed E-state index contributed by atoms with van der Waals surface area (Å²) < 4.78 is 13.5. The van der Waals surface area contributed by atoms with E-state index >= 15 is 0 Å². The summed E-state index contributed by atoms with van der Waals surface area (Å²) >= 11 is 7.33. The fourth-order valence-corrected chi connectivity index (χ4v) is 4.41. The maximum atomic E-state index is 5.96. The van der Waals surface area contributed by atoms with Crippen molar-refractivity contribution in [1.82, 2.24) is 4.98 Å². The Labute approximate surface area is 175 Å². The van der Waals surface area contributed by atoms with E-state index in [-0.39, 0.29) is 5.41 Å². The third-order valence-electron chi connectivity index (χ3n) is 4.94. The standard InChI is InChI=1S/C22H19Br2NO2/c1-12-6-5-7-14-8-15(9-17(23)20(14)26-12)22(3,4)16-10-18(24)21-19(11-16)25-13(2)27-21/h5-11H,1-4H3. The van der Waals surface area contributed by atoms with Gasteiger partial charge in [0.15, 0.2) is 11.5 Å². The lowest BCUT2D eigenvalue weighted by Gasteiger charge is -2.27. The Kier molecular flexibility index (Phi) is 4.55. The summed E-state index contributed by atoms with van der Waals surface area (Å²) in [5.41, 5.74) is 4.82. The van der Waals surface area contributed by atoms with Crippen LogP contribution in [0.3, 0.4) is 0 Å². The lowest BCUT2D eigenvalue weighted by Crippen LogP contribution is -2.19. The fourth-order valence-electron chi connectivity index (χ4n) is 3.32. The Bertz CT molecular complexity index is 1120. The molecule has 1 aromatic heterocycles. The highest BCUT2D eigenvalue weighted by Crippen LogP contribution is 2.41. The zero-order chi connectivity index (χ0) is 19.3. The van der Waals surface area contributed by atoms with Crippen LogP contribution in [-0.2, 0) is 5.41 Å². The molecule has 0 N–H and O–H groups in total. The zero-order valence-corrected chi connectivity index (χ0v) is 18.7. The van der Waals surface area contributed by atoms with Crippen molar-refractivity contribution in [2.75, 3.05) is 0 Å². The number of ether oxygens (including phenoxy) is 1. The number of aryl methyl sites for hydroxylation is 1. The summed E-state index contributed by atoms with van der Waals surface area (Å²) in [7, 11) is 0. The third-order valence-corrected chi connectivity index (χ3v) is 6.12. The van der Waals surface area contributed by atoms with Crippen molar-refractivity contribution in [2.45, 2.75) is 33.1 Å². The van der Waals surface area contributed by atoms with Crippen LogP contribution in [0.15, 0.2) is 55.5 Å². The lowest BCUT2D eigenvalue weighted by atomic mass is 9.77. The minimum absolute atomic E-state index is 0.232. The van der Waals surface area contributed by atoms with Gasteiger partial charge in [-0.05, 0) is 80.3 Å². The van der Waals surface area contributed by atoms with Crippen LogP contribution in [0.5, 0.6) is 5.75 Å². The van der Waals surface area contributed by atoms with Gasteiger partial charge in [-0.15, -0.1) is 0 Å². The molecule has 27 heavy (non-hydrogen) atoms. The molecule has 2 aromatic carbocycles. The number of allylic oxidation sites excluding steroid dienone is 3. The van der Waals surface area contributed by atoms with Crippen molar-refractivity contribution in [3.63, 3.8) is 0 Å². The molecule has 0 unspecified atom stereocenters. The second-order valence-electron chi connectivity index (χ2n) is 7.28. The van der Waals surface area contributed by atoms with Crippen molar-refractivity contribution in [3.8, 4) is 5.75 Å². The van der Waals surface area contributed by atoms with Gasteiger partial charge in [0.25, 0.3) is 0 Å². The molecule has 2 heterocycles. The maximum absolute atomic E-state index is 5.96. The normalized spacial score (nSPS) is 13.9. The second-order valence-corrected chi connectivity index (χ2v) is 8.99. The van der Waals surface area contributed by atoms with E-state index in [1.807, 2.05) is 26.0 Å². The van der Waals surface area contributed by atoms with E-state index < -0.39 is 0 Å². The van der Waals surface area contributed by atoms with E-state index in [4.69, 9.17) is 9.15 Å². The molecule has 1 aliphatic heterocycles. The Morgan fingerprint density at radius 1 is 0.963 bits per heavy atom. The van der Waals surface area contributed by atoms with Crippen molar-refractivity contribution in [3.05, 3.63) is 73.7 Å². The van der Waals surface area contributed by atoms with Gasteiger partial charge in [-0.25, -0.2) is 4.98 Å². The van der Waals surface area contributed by atoms with Crippen LogP contribution in [0.25, 0.3) is 17.2 Å². The Morgan fingerprint density at radius 2 is 1.67 bits per heavy atom. The number of rotatable bonds is 2. The number of hydrogen-bond acceptors (Lipinski definition) is 3. The highest BCUT2D eigenvalue weighted by molar-refractivity contribution is 9.11. The molecule has 0 fully saturated rings. The fraction of sp³-hybridized carbons (Fsp3) is 0.227. The minimum atomic E-state index is -0.232. The lowest BCUT2D eigenvalue weighted by molar-refractivity contribution is 0.425. The van der Waals surface area contributed by atoms with E-state index in [1.54, 1.807) is 0 Å². The van der Waals surface area contributed by atoms with Crippen LogP contribution in [0, 0.1) is 6.92 Å². The van der Waals surface area contributed by atoms with E-state index in [1.165, 1.54) is 5.56 Å². The van der Waals surface area contributed by atoms with E-state index in [0.717, 1.165) is 42.7 Å². The molecule has 0 bridgehead atoms. The second kappa shape index (κ2) is 6.64. The zero-order valence-electron chi connectivity index (χ0n) is 15.6. The molecule has 3 nitrogen and oxygen atoms in total. The predicted molar refractivity (Wildman–Crippen MR) is 116 cm³/mol. The molecule has 0 amide bonds. The largest absolute Gasteiger partial charge is 0.460 e. The molecular formula is C22H19Br2NO2. The number of aromatic nitrogens is 1. The Morgan fingerprint density at radius 3 is 2.44 bits per heavy atom. The molecule has 0 saturated heterocycles. The monoisotopic (exact) mass is 487 g/mol. The highest BCUT2D eigenvalue weighted by atomic mass is 79.9. The van der Waals surface area contributed by atoms with Crippen LogP contribution >= 0.6 is 31.9 Å². The van der Waals surface area contributed by atoms with Gasteiger partial charge >= 0.3 is 0 Å². The van der Waals surface area contributed by atoms with E-state index in [9.17, 15) is 0 Å². The number of fused-ring (bicyclic) bond motifs is 2. The third kappa shape index (κ3) is 3.27. The molecule has 0 aliphatic carbocycles. The average Bonchev–Trinajstić information content (AvgIpc) is 2.87. The molecule has 5 heteroatoms. The summed E-state index contributed by atoms with van der Waals surface area (Å²) in [5.74, 6) is 2.38. The van der Waals surface area contributed by atoms with Crippen molar-refractivity contribution in [2.24, 2.45) is 0 Å². The molecule has 1 aliphatic rings. The van der Waals surface area contributed by atoms with E-state index in [0.29, 0.717) is 5.89 Å². The number of benzene rings is 2. The van der Waals surface area contributed by atoms with Crippen LogP contribution in [0.2, 0.25) is 0 Å². The minimum Gasteiger partial charge on any atom is -0.460 e. The van der Waals surface area contributed by atoms with Gasteiger partial charge in [0, 0.05) is 17.9 Å². The van der Waals surface area contributed by atoms with Gasteiger partial charge in [0.1, 0.15) is 17.0 Å². The topological polar surface area (TPSA) is 35.3 Å². The highest BCUT2D eigenvalue weighted by Gasteiger charge is 2.27. The number of hydrogen-bond donors (Lipinski definition) is 0. The van der Waals surface area contributed by atoms with Crippen LogP contribution in [0.1, 0.15) is 43.4 Å². The van der Waals surface area contributed by atoms with Crippen LogP contribution < -0.4 is 4.74 Å². The molecule has 4 rings (SSSR count). The molecule has 0 saturated carbocycles. The number of oxazole rings is 1. The molecule has 0 radical (unpaired) electrons. The summed E-state index contributed by atoms with van der Waals surface area (Å²) in [6.07, 6.45) is 6.07. The maximum Gasteiger partial charge on any atom is 0.192 e. The first kappa shape index (κ1) is 18.5. The quantitative estimate of drug-likeness (QED) is 0.379. The Balaban J connectivity index is 1.85. The van der Waals surface area contributed by atoms with Gasteiger partial charge in [0.05, 0.1) is 8.95 Å². The number of halogens is 2. The molecule has 3 aromatic rings. The van der Waals surface area contributed by atoms with Gasteiger partial charge in [-0.3, -0.25) is 0 Å². The van der Waals surface area contributed by atoms with Gasteiger partial charge in [-0.1, -0.05) is 26.0 Å². The molecule has 138 valence electrons. The summed E-state index contributed by atoms with van der Waals surface area (Å²) in [6, 6.07) is 8.55. The van der Waals surface area contributed by atoms with Crippen LogP contribution in [0.4, 0.5) is 0 Å². The van der Waals surface area contributed by atoms with Crippen molar-refractivity contribution < 1.29 is 9.15 Å². The first-order valence-corrected chi connectivity index (χ1v) is 10.3. The van der Waals surface area contributed by atoms with E-state index in [2.05, 4.69) is 81.0 Å². The van der Waals surface area contributed by atoms with Crippen molar-refractivity contribution in [1.29, 1.82) is 0 Å². The SMILES string of the molecule is CC1=CC=Cc2cc(C(C)(C)c3cc(Br)c4oc(C)nc4c3)cc(Br)c2O1. The first-order chi connectivity index (χ1) is 12.8. The molecule has 0 spiro atoms. The van der Waals surface area contributed by atoms with Crippen LogP contribution in [-0.4, -0.2) is 4.98 Å². The van der Waals surface area contributed by atoms with Gasteiger partial charge in [-0.2, -0.15) is 0 Å². The first-order valence-electron chi connectivity index (χ1n) is 8.70. The smallest absolute Gasteiger partial charge is 0.192 e. The average molecular weight is 489 g/mol. The summed E-state index contributed by atoms with van der Waals surface area (Å²) in [5, 5.41) is 0. The van der Waals surface area contributed by atoms with Crippen molar-refractivity contribution >= 4 is 49.0 Å². The van der Waals surface area contributed by atoms with Gasteiger partial charge in [0.2, 0.25) is 0 Å². The van der Waals surface area contributed by atoms with Gasteiger partial charge < -0.3 is 9.15 Å². The predicted octanol–water partition coefficient (Wildman–Crippen LogP) is 7.30. The summed E-state index contributed by atoms with van der Waals surface area (Å²) in [6.45, 7) is 8.25. The molecule has 0 atom stereocenters. The summed E-state index contributed by atoms with van der Waals surface area (Å²) in [4.78, 5) is 4.51. The Hall–Kier alpha value is -1.85. The molecular weight excluding hydrogens is 470 g/mol.